The van der Waals surface area contributed by atoms with E-state index in [1.807, 2.05) is 0 Å². The minimum absolute atomic E-state index is 0.00344. The van der Waals surface area contributed by atoms with Gasteiger partial charge in [0, 0.05) is 11.6 Å². The monoisotopic (exact) mass is 298 g/mol. The number of methoxy groups -OCH3 is 2. The highest BCUT2D eigenvalue weighted by Crippen LogP contribution is 2.37. The van der Waals surface area contributed by atoms with Gasteiger partial charge in [-0.1, -0.05) is 12.1 Å². The smallest absolute Gasteiger partial charge is 0.336 e. The van der Waals surface area contributed by atoms with Gasteiger partial charge in [0.2, 0.25) is 0 Å². The summed E-state index contributed by atoms with van der Waals surface area (Å²) in [6.07, 6.45) is 0. The molecular weight excluding hydrogens is 284 g/mol. The van der Waals surface area contributed by atoms with E-state index in [2.05, 4.69) is 0 Å². The molecule has 0 amide bonds. The molecule has 5 heteroatoms. The van der Waals surface area contributed by atoms with Gasteiger partial charge in [-0.15, -0.1) is 0 Å². The Kier molecular flexibility index (Phi) is 3.47. The molecule has 0 atom stereocenters. The first-order valence-electron chi connectivity index (χ1n) is 6.62. The van der Waals surface area contributed by atoms with Crippen LogP contribution in [0.25, 0.3) is 22.1 Å². The normalized spacial score (nSPS) is 10.6. The Bertz CT molecular complexity index is 895. The van der Waals surface area contributed by atoms with Gasteiger partial charge in [0.25, 0.3) is 0 Å². The van der Waals surface area contributed by atoms with Crippen molar-refractivity contribution in [1.29, 1.82) is 0 Å². The molecule has 0 aliphatic carbocycles. The SMILES string of the molecule is COc1ccc(-c2cc(=O)oc3cccc(OC)c23)cc1O. The van der Waals surface area contributed by atoms with Gasteiger partial charge >= 0.3 is 5.63 Å². The molecule has 3 rings (SSSR count). The van der Waals surface area contributed by atoms with Gasteiger partial charge < -0.3 is 19.0 Å². The first kappa shape index (κ1) is 14.0. The molecule has 2 aromatic carbocycles. The lowest BCUT2D eigenvalue weighted by Crippen LogP contribution is -1.99. The number of ether oxygens (including phenoxy) is 2. The average Bonchev–Trinajstić information content (AvgIpc) is 2.53. The van der Waals surface area contributed by atoms with E-state index in [9.17, 15) is 9.90 Å². The Hall–Kier alpha value is -2.95. The standard InChI is InChI=1S/C17H14O5/c1-20-13-7-6-10(8-12(13)18)11-9-16(19)22-15-5-3-4-14(21-2)17(11)15/h3-9,18H,1-2H3. The molecule has 112 valence electrons. The van der Waals surface area contributed by atoms with E-state index in [0.29, 0.717) is 33.6 Å². The molecule has 0 bridgehead atoms. The van der Waals surface area contributed by atoms with Crippen LogP contribution in [-0.2, 0) is 0 Å². The van der Waals surface area contributed by atoms with Crippen LogP contribution in [0.3, 0.4) is 0 Å². The summed E-state index contributed by atoms with van der Waals surface area (Å²) in [5.41, 5.74) is 1.26. The van der Waals surface area contributed by atoms with Crippen LogP contribution >= 0.6 is 0 Å². The van der Waals surface area contributed by atoms with E-state index in [0.717, 1.165) is 0 Å². The molecule has 0 saturated heterocycles. The first-order valence-corrected chi connectivity index (χ1v) is 6.62. The molecule has 3 aromatic rings. The lowest BCUT2D eigenvalue weighted by Gasteiger charge is -2.11. The summed E-state index contributed by atoms with van der Waals surface area (Å²) in [6, 6.07) is 11.6. The second kappa shape index (κ2) is 5.44. The Morgan fingerprint density at radius 1 is 1.00 bits per heavy atom. The third kappa shape index (κ3) is 2.26. The molecule has 0 aliphatic heterocycles. The maximum absolute atomic E-state index is 11.8. The zero-order chi connectivity index (χ0) is 15.7. The van der Waals surface area contributed by atoms with Gasteiger partial charge in [-0.2, -0.15) is 0 Å². The predicted molar refractivity (Wildman–Crippen MR) is 82.7 cm³/mol. The largest absolute Gasteiger partial charge is 0.504 e. The van der Waals surface area contributed by atoms with Crippen molar-refractivity contribution in [3.05, 3.63) is 52.9 Å². The van der Waals surface area contributed by atoms with Crippen LogP contribution in [0, 0.1) is 0 Å². The third-order valence-electron chi connectivity index (χ3n) is 3.44. The highest BCUT2D eigenvalue weighted by Gasteiger charge is 2.14. The molecular formula is C17H14O5. The van der Waals surface area contributed by atoms with Crippen LogP contribution < -0.4 is 15.1 Å². The molecule has 0 saturated carbocycles. The number of benzene rings is 2. The van der Waals surface area contributed by atoms with E-state index >= 15 is 0 Å². The van der Waals surface area contributed by atoms with E-state index in [1.54, 1.807) is 43.5 Å². The number of aromatic hydroxyl groups is 1. The molecule has 0 unspecified atom stereocenters. The highest BCUT2D eigenvalue weighted by molar-refractivity contribution is 5.98. The van der Waals surface area contributed by atoms with E-state index < -0.39 is 5.63 Å². The van der Waals surface area contributed by atoms with Gasteiger partial charge in [0.05, 0.1) is 19.6 Å². The fourth-order valence-corrected chi connectivity index (χ4v) is 2.44. The molecule has 0 fully saturated rings. The average molecular weight is 298 g/mol. The summed E-state index contributed by atoms with van der Waals surface area (Å²) in [7, 11) is 3.03. The number of phenols is 1. The molecule has 1 N–H and O–H groups in total. The molecule has 0 aliphatic rings. The van der Waals surface area contributed by atoms with Crippen molar-refractivity contribution in [3.8, 4) is 28.4 Å². The van der Waals surface area contributed by atoms with Gasteiger partial charge in [0.15, 0.2) is 11.5 Å². The number of hydrogen-bond donors (Lipinski definition) is 1. The zero-order valence-electron chi connectivity index (χ0n) is 12.1. The van der Waals surface area contributed by atoms with Crippen LogP contribution in [0.1, 0.15) is 0 Å². The summed E-state index contributed by atoms with van der Waals surface area (Å²) in [5.74, 6) is 0.950. The maximum Gasteiger partial charge on any atom is 0.336 e. The van der Waals surface area contributed by atoms with Crippen LogP contribution in [0.2, 0.25) is 0 Å². The molecule has 0 spiro atoms. The lowest BCUT2D eigenvalue weighted by atomic mass is 10.0. The van der Waals surface area contributed by atoms with Gasteiger partial charge in [0.1, 0.15) is 11.3 Å². The summed E-state index contributed by atoms with van der Waals surface area (Å²) in [4.78, 5) is 11.8. The molecule has 5 nitrogen and oxygen atoms in total. The van der Waals surface area contributed by atoms with Crippen molar-refractivity contribution < 1.29 is 19.0 Å². The van der Waals surface area contributed by atoms with Crippen LogP contribution in [0.4, 0.5) is 0 Å². The fourth-order valence-electron chi connectivity index (χ4n) is 2.44. The highest BCUT2D eigenvalue weighted by atomic mass is 16.5. The summed E-state index contributed by atoms with van der Waals surface area (Å²) in [5, 5.41) is 10.6. The fraction of sp³-hybridized carbons (Fsp3) is 0.118. The molecule has 1 heterocycles. The second-order valence-electron chi connectivity index (χ2n) is 4.70. The minimum Gasteiger partial charge on any atom is -0.504 e. The number of phenolic OH excluding ortho intramolecular Hbond substituents is 1. The Morgan fingerprint density at radius 2 is 1.77 bits per heavy atom. The lowest BCUT2D eigenvalue weighted by molar-refractivity contribution is 0.373. The van der Waals surface area contributed by atoms with Gasteiger partial charge in [-0.3, -0.25) is 0 Å². The van der Waals surface area contributed by atoms with Gasteiger partial charge in [-0.25, -0.2) is 4.79 Å². The Morgan fingerprint density at radius 3 is 2.45 bits per heavy atom. The van der Waals surface area contributed by atoms with Crippen LogP contribution in [-0.4, -0.2) is 19.3 Å². The number of hydrogen-bond acceptors (Lipinski definition) is 5. The minimum atomic E-state index is -0.467. The number of rotatable bonds is 3. The summed E-state index contributed by atoms with van der Waals surface area (Å²) < 4.78 is 15.6. The van der Waals surface area contributed by atoms with Crippen molar-refractivity contribution in [2.75, 3.05) is 14.2 Å². The van der Waals surface area contributed by atoms with Crippen molar-refractivity contribution in [2.45, 2.75) is 0 Å². The van der Waals surface area contributed by atoms with Crippen LogP contribution in [0.15, 0.2) is 51.7 Å². The van der Waals surface area contributed by atoms with Crippen LogP contribution in [0.5, 0.6) is 17.2 Å². The van der Waals surface area contributed by atoms with Gasteiger partial charge in [-0.05, 0) is 29.8 Å². The zero-order valence-corrected chi connectivity index (χ0v) is 12.1. The summed E-state index contributed by atoms with van der Waals surface area (Å²) in [6.45, 7) is 0. The maximum atomic E-state index is 11.8. The first-order chi connectivity index (χ1) is 10.6. The molecule has 22 heavy (non-hydrogen) atoms. The third-order valence-corrected chi connectivity index (χ3v) is 3.44. The Balaban J connectivity index is 2.34. The topological polar surface area (TPSA) is 68.9 Å². The Labute approximate surface area is 126 Å². The van der Waals surface area contributed by atoms with E-state index in [-0.39, 0.29) is 5.75 Å². The quantitative estimate of drug-likeness (QED) is 0.752. The number of fused-ring (bicyclic) bond motifs is 1. The van der Waals surface area contributed by atoms with Crippen molar-refractivity contribution >= 4 is 11.0 Å². The summed E-state index contributed by atoms with van der Waals surface area (Å²) >= 11 is 0. The van der Waals surface area contributed by atoms with E-state index in [1.165, 1.54) is 13.2 Å². The van der Waals surface area contributed by atoms with E-state index in [4.69, 9.17) is 13.9 Å². The second-order valence-corrected chi connectivity index (χ2v) is 4.70. The molecule has 0 radical (unpaired) electrons. The molecule has 1 aromatic heterocycles. The predicted octanol–water partition coefficient (Wildman–Crippen LogP) is 3.18. The van der Waals surface area contributed by atoms with Crippen molar-refractivity contribution in [1.82, 2.24) is 0 Å². The van der Waals surface area contributed by atoms with Crippen molar-refractivity contribution in [3.63, 3.8) is 0 Å². The van der Waals surface area contributed by atoms with Crippen molar-refractivity contribution in [2.24, 2.45) is 0 Å².